The highest BCUT2D eigenvalue weighted by atomic mass is 32.2. The third-order valence-corrected chi connectivity index (χ3v) is 8.58. The number of nitrogens with zero attached hydrogens (tertiary/aromatic N) is 2. The lowest BCUT2D eigenvalue weighted by atomic mass is 9.97. The van der Waals surface area contributed by atoms with Crippen LogP contribution in [0.15, 0.2) is 52.3 Å². The van der Waals surface area contributed by atoms with Crippen LogP contribution in [0, 0.1) is 16.0 Å². The maximum atomic E-state index is 13.1. The van der Waals surface area contributed by atoms with E-state index in [4.69, 9.17) is 4.74 Å². The van der Waals surface area contributed by atoms with Gasteiger partial charge in [0, 0.05) is 37.4 Å². The van der Waals surface area contributed by atoms with Gasteiger partial charge in [0.15, 0.2) is 9.84 Å². The van der Waals surface area contributed by atoms with Crippen molar-refractivity contribution in [1.82, 2.24) is 4.31 Å². The number of carbonyl (C=O) groups is 1. The number of benzene rings is 2. The Kier molecular flexibility index (Phi) is 7.05. The second-order valence-electron chi connectivity index (χ2n) is 7.53. The number of piperidine rings is 1. The normalized spacial score (nSPS) is 15.7. The Morgan fingerprint density at radius 1 is 1.09 bits per heavy atom. The van der Waals surface area contributed by atoms with Crippen molar-refractivity contribution in [2.75, 3.05) is 31.8 Å². The average Bonchev–Trinajstić information content (AvgIpc) is 2.78. The second kappa shape index (κ2) is 9.45. The van der Waals surface area contributed by atoms with Gasteiger partial charge in [-0.25, -0.2) is 16.8 Å². The molecule has 0 saturated carbocycles. The number of sulfone groups is 1. The van der Waals surface area contributed by atoms with Crippen LogP contribution in [0.2, 0.25) is 0 Å². The molecule has 33 heavy (non-hydrogen) atoms. The van der Waals surface area contributed by atoms with Gasteiger partial charge in [-0.3, -0.25) is 14.9 Å². The maximum Gasteiger partial charge on any atom is 0.271 e. The summed E-state index contributed by atoms with van der Waals surface area (Å²) in [6.07, 6.45) is 1.34. The molecular weight excluding hydrogens is 474 g/mol. The lowest BCUT2D eigenvalue weighted by Gasteiger charge is -2.31. The summed E-state index contributed by atoms with van der Waals surface area (Å²) in [5.41, 5.74) is -0.0645. The Morgan fingerprint density at radius 3 is 2.24 bits per heavy atom. The molecule has 0 atom stereocenters. The molecule has 3 rings (SSSR count). The van der Waals surface area contributed by atoms with Gasteiger partial charge >= 0.3 is 0 Å². The van der Waals surface area contributed by atoms with E-state index in [1.54, 1.807) is 0 Å². The third-order valence-electron chi connectivity index (χ3n) is 5.34. The van der Waals surface area contributed by atoms with Crippen LogP contribution in [0.5, 0.6) is 5.75 Å². The molecule has 1 fully saturated rings. The summed E-state index contributed by atoms with van der Waals surface area (Å²) < 4.78 is 56.5. The number of nitro groups is 1. The fourth-order valence-electron chi connectivity index (χ4n) is 3.61. The average molecular weight is 498 g/mol. The van der Waals surface area contributed by atoms with Crippen molar-refractivity contribution in [3.63, 3.8) is 0 Å². The zero-order valence-corrected chi connectivity index (χ0v) is 19.6. The van der Waals surface area contributed by atoms with Gasteiger partial charge in [0.25, 0.3) is 5.69 Å². The van der Waals surface area contributed by atoms with Gasteiger partial charge in [-0.1, -0.05) is 12.1 Å². The Morgan fingerprint density at radius 2 is 1.70 bits per heavy atom. The standard InChI is InChI=1S/C20H23N3O8S2/c1-31-17-8-7-15(23(25)26)13-16(17)21-20(24)14-9-11-22(12-10-14)33(29,30)19-6-4-3-5-18(19)32(2,27)28/h3-8,13-14H,9-12H2,1-2H3,(H,21,24). The first-order valence-electron chi connectivity index (χ1n) is 9.87. The van der Waals surface area contributed by atoms with E-state index in [-0.39, 0.29) is 52.8 Å². The molecule has 2 aromatic rings. The van der Waals surface area contributed by atoms with E-state index in [2.05, 4.69) is 5.32 Å². The number of hydrogen-bond donors (Lipinski definition) is 1. The molecule has 0 aromatic heterocycles. The summed E-state index contributed by atoms with van der Waals surface area (Å²) in [6, 6.07) is 9.23. The van der Waals surface area contributed by atoms with Crippen LogP contribution in [0.4, 0.5) is 11.4 Å². The fourth-order valence-corrected chi connectivity index (χ4v) is 6.68. The number of hydrogen-bond acceptors (Lipinski definition) is 8. The number of rotatable bonds is 7. The summed E-state index contributed by atoms with van der Waals surface area (Å²) in [5, 5.41) is 13.7. The summed E-state index contributed by atoms with van der Waals surface area (Å²) in [7, 11) is -6.47. The molecule has 1 aliphatic heterocycles. The van der Waals surface area contributed by atoms with E-state index in [9.17, 15) is 31.7 Å². The molecule has 2 aromatic carbocycles. The zero-order valence-electron chi connectivity index (χ0n) is 17.9. The molecule has 13 heteroatoms. The van der Waals surface area contributed by atoms with Gasteiger partial charge in [0.1, 0.15) is 10.6 Å². The van der Waals surface area contributed by atoms with Gasteiger partial charge in [-0.15, -0.1) is 0 Å². The Labute approximate surface area is 191 Å². The minimum absolute atomic E-state index is 0.0184. The molecule has 1 amide bonds. The lowest BCUT2D eigenvalue weighted by molar-refractivity contribution is -0.384. The van der Waals surface area contributed by atoms with Gasteiger partial charge in [-0.2, -0.15) is 4.31 Å². The van der Waals surface area contributed by atoms with E-state index in [0.29, 0.717) is 0 Å². The molecule has 0 unspecified atom stereocenters. The van der Waals surface area contributed by atoms with E-state index in [1.165, 1.54) is 49.6 Å². The van der Waals surface area contributed by atoms with Gasteiger partial charge in [0.05, 0.1) is 22.6 Å². The van der Waals surface area contributed by atoms with Gasteiger partial charge in [-0.05, 0) is 31.0 Å². The van der Waals surface area contributed by atoms with Crippen molar-refractivity contribution in [1.29, 1.82) is 0 Å². The molecule has 1 aliphatic rings. The number of sulfonamides is 1. The Bertz CT molecular complexity index is 1280. The molecule has 1 heterocycles. The predicted molar refractivity (Wildman–Crippen MR) is 119 cm³/mol. The van der Waals surface area contributed by atoms with Crippen molar-refractivity contribution in [2.24, 2.45) is 5.92 Å². The molecule has 1 saturated heterocycles. The van der Waals surface area contributed by atoms with Crippen LogP contribution >= 0.6 is 0 Å². The van der Waals surface area contributed by atoms with Crippen molar-refractivity contribution in [3.05, 3.63) is 52.6 Å². The number of ether oxygens (including phenoxy) is 1. The molecule has 178 valence electrons. The molecular formula is C20H23N3O8S2. The molecule has 0 radical (unpaired) electrons. The molecule has 1 N–H and O–H groups in total. The van der Waals surface area contributed by atoms with Crippen LogP contribution < -0.4 is 10.1 Å². The van der Waals surface area contributed by atoms with Crippen LogP contribution in [0.3, 0.4) is 0 Å². The first kappa shape index (κ1) is 24.6. The fraction of sp³-hybridized carbons (Fsp3) is 0.350. The van der Waals surface area contributed by atoms with Crippen LogP contribution in [-0.2, 0) is 24.7 Å². The SMILES string of the molecule is COc1ccc([N+](=O)[O-])cc1NC(=O)C1CCN(S(=O)(=O)c2ccccc2S(C)(=O)=O)CC1. The summed E-state index contributed by atoms with van der Waals surface area (Å²) >= 11 is 0. The number of methoxy groups -OCH3 is 1. The minimum Gasteiger partial charge on any atom is -0.495 e. The molecule has 0 aliphatic carbocycles. The number of carbonyl (C=O) groups excluding carboxylic acids is 1. The van der Waals surface area contributed by atoms with Gasteiger partial charge in [0.2, 0.25) is 15.9 Å². The number of amides is 1. The largest absolute Gasteiger partial charge is 0.495 e. The summed E-state index contributed by atoms with van der Waals surface area (Å²) in [6.45, 7) is 0.0369. The topological polar surface area (TPSA) is 153 Å². The number of non-ortho nitro benzene ring substituents is 1. The minimum atomic E-state index is -4.08. The second-order valence-corrected chi connectivity index (χ2v) is 11.4. The first-order chi connectivity index (χ1) is 15.4. The predicted octanol–water partition coefficient (Wildman–Crippen LogP) is 2.05. The highest BCUT2D eigenvalue weighted by Crippen LogP contribution is 2.31. The molecule has 0 spiro atoms. The third kappa shape index (κ3) is 5.31. The van der Waals surface area contributed by atoms with E-state index < -0.39 is 36.6 Å². The zero-order chi connectivity index (χ0) is 24.4. The first-order valence-corrected chi connectivity index (χ1v) is 13.2. The van der Waals surface area contributed by atoms with E-state index >= 15 is 0 Å². The highest BCUT2D eigenvalue weighted by Gasteiger charge is 2.34. The number of nitrogens with one attached hydrogen (secondary N) is 1. The maximum absolute atomic E-state index is 13.1. The van der Waals surface area contributed by atoms with Crippen LogP contribution in [0.25, 0.3) is 0 Å². The van der Waals surface area contributed by atoms with Gasteiger partial charge < -0.3 is 10.1 Å². The molecule has 11 nitrogen and oxygen atoms in total. The van der Waals surface area contributed by atoms with Crippen LogP contribution in [0.1, 0.15) is 12.8 Å². The molecule has 0 bridgehead atoms. The lowest BCUT2D eigenvalue weighted by Crippen LogP contribution is -2.41. The van der Waals surface area contributed by atoms with Crippen molar-refractivity contribution < 1.29 is 31.3 Å². The summed E-state index contributed by atoms with van der Waals surface area (Å²) in [5.74, 6) is -0.695. The van der Waals surface area contributed by atoms with Crippen LogP contribution in [-0.4, -0.2) is 58.4 Å². The van der Waals surface area contributed by atoms with Crippen molar-refractivity contribution in [2.45, 2.75) is 22.6 Å². The quantitative estimate of drug-likeness (QED) is 0.450. The highest BCUT2D eigenvalue weighted by molar-refractivity contribution is 7.93. The Balaban J connectivity index is 1.74. The Hall–Kier alpha value is -3.03. The van der Waals surface area contributed by atoms with E-state index in [0.717, 1.165) is 10.6 Å². The number of anilines is 1. The monoisotopic (exact) mass is 497 g/mol. The van der Waals surface area contributed by atoms with Crippen molar-refractivity contribution >= 4 is 37.1 Å². The van der Waals surface area contributed by atoms with Crippen molar-refractivity contribution in [3.8, 4) is 5.75 Å². The number of nitro benzene ring substituents is 1. The summed E-state index contributed by atoms with van der Waals surface area (Å²) in [4.78, 5) is 22.6. The smallest absolute Gasteiger partial charge is 0.271 e. The van der Waals surface area contributed by atoms with E-state index in [1.807, 2.05) is 0 Å².